The Morgan fingerprint density at radius 2 is 2.21 bits per heavy atom. The van der Waals surface area contributed by atoms with Gasteiger partial charge in [0.2, 0.25) is 0 Å². The molecule has 1 unspecified atom stereocenters. The first-order chi connectivity index (χ1) is 9.13. The van der Waals surface area contributed by atoms with E-state index in [1.165, 1.54) is 19.3 Å². The molecule has 1 aliphatic heterocycles. The number of aliphatic hydroxyl groups is 1. The number of rotatable bonds is 4. The smallest absolute Gasteiger partial charge is 0.0593 e. The number of nitrogen functional groups attached to an aromatic ring is 1. The Morgan fingerprint density at radius 3 is 2.95 bits per heavy atom. The Balaban J connectivity index is 2.13. The Bertz CT molecular complexity index is 432. The van der Waals surface area contributed by atoms with Gasteiger partial charge in [0.25, 0.3) is 0 Å². The fraction of sp³-hybridized carbons (Fsp3) is 0.667. The lowest BCUT2D eigenvalue weighted by molar-refractivity contribution is 0.111. The third kappa shape index (κ3) is 3.25. The molecule has 0 aromatic carbocycles. The molecule has 106 valence electrons. The molecule has 1 saturated heterocycles. The van der Waals surface area contributed by atoms with Crippen molar-refractivity contribution in [2.75, 3.05) is 18.9 Å². The third-order valence-corrected chi connectivity index (χ3v) is 4.24. The molecule has 1 aromatic rings. The van der Waals surface area contributed by atoms with Crippen LogP contribution in [-0.2, 0) is 6.54 Å². The van der Waals surface area contributed by atoms with Crippen molar-refractivity contribution in [2.45, 2.75) is 52.1 Å². The molecule has 3 N–H and O–H groups in total. The maximum Gasteiger partial charge on any atom is 0.0593 e. The van der Waals surface area contributed by atoms with Crippen LogP contribution in [0.25, 0.3) is 0 Å². The Kier molecular flexibility index (Phi) is 4.77. The minimum absolute atomic E-state index is 0.267. The average molecular weight is 263 g/mol. The molecule has 0 aliphatic carbocycles. The number of aliphatic hydroxyl groups excluding tert-OH is 1. The summed E-state index contributed by atoms with van der Waals surface area (Å²) >= 11 is 0. The van der Waals surface area contributed by atoms with Crippen LogP contribution in [0, 0.1) is 13.8 Å². The topological polar surface area (TPSA) is 62.4 Å². The zero-order chi connectivity index (χ0) is 13.8. The molecule has 0 amide bonds. The van der Waals surface area contributed by atoms with E-state index in [0.717, 1.165) is 42.0 Å². The first-order valence-electron chi connectivity index (χ1n) is 7.19. The Morgan fingerprint density at radius 1 is 1.42 bits per heavy atom. The zero-order valence-electron chi connectivity index (χ0n) is 12.0. The number of hydrogen-bond donors (Lipinski definition) is 2. The molecule has 1 fully saturated rings. The number of aromatic nitrogens is 1. The van der Waals surface area contributed by atoms with E-state index in [9.17, 15) is 5.11 Å². The van der Waals surface area contributed by atoms with Crippen LogP contribution in [0.5, 0.6) is 0 Å². The summed E-state index contributed by atoms with van der Waals surface area (Å²) in [6.45, 7) is 6.26. The number of aryl methyl sites for hydroxylation is 1. The van der Waals surface area contributed by atoms with E-state index >= 15 is 0 Å². The summed E-state index contributed by atoms with van der Waals surface area (Å²) in [6.07, 6.45) is 6.41. The van der Waals surface area contributed by atoms with Crippen molar-refractivity contribution >= 4 is 5.69 Å². The molecule has 0 saturated carbocycles. The van der Waals surface area contributed by atoms with E-state index in [1.54, 1.807) is 0 Å². The summed E-state index contributed by atoms with van der Waals surface area (Å²) in [7, 11) is 0. The molecule has 1 aromatic heterocycles. The van der Waals surface area contributed by atoms with Crippen LogP contribution in [0.15, 0.2) is 6.20 Å². The molecule has 0 radical (unpaired) electrons. The average Bonchev–Trinajstić information content (AvgIpc) is 2.42. The lowest BCUT2D eigenvalue weighted by atomic mass is 9.98. The van der Waals surface area contributed by atoms with Crippen molar-refractivity contribution < 1.29 is 5.11 Å². The lowest BCUT2D eigenvalue weighted by Gasteiger charge is -2.35. The number of piperidine rings is 1. The van der Waals surface area contributed by atoms with Crippen molar-refractivity contribution in [3.8, 4) is 0 Å². The van der Waals surface area contributed by atoms with Crippen molar-refractivity contribution in [2.24, 2.45) is 0 Å². The molecule has 0 bridgehead atoms. The number of pyridine rings is 1. The predicted octanol–water partition coefficient (Wildman–Crippen LogP) is 2.02. The van der Waals surface area contributed by atoms with E-state index < -0.39 is 0 Å². The quantitative estimate of drug-likeness (QED) is 0.872. The van der Waals surface area contributed by atoms with Crippen LogP contribution in [0.2, 0.25) is 0 Å². The maximum absolute atomic E-state index is 9.18. The van der Waals surface area contributed by atoms with Gasteiger partial charge in [0, 0.05) is 31.1 Å². The molecular formula is C15H25N3O. The van der Waals surface area contributed by atoms with Gasteiger partial charge in [-0.3, -0.25) is 9.88 Å². The van der Waals surface area contributed by atoms with Crippen molar-refractivity contribution in [1.82, 2.24) is 9.88 Å². The van der Waals surface area contributed by atoms with Crippen LogP contribution >= 0.6 is 0 Å². The minimum Gasteiger partial charge on any atom is -0.398 e. The molecule has 19 heavy (non-hydrogen) atoms. The van der Waals surface area contributed by atoms with Gasteiger partial charge < -0.3 is 10.8 Å². The SMILES string of the molecule is Cc1cnc(CN2CCCCC2CCO)c(C)c1N. The van der Waals surface area contributed by atoms with Crippen molar-refractivity contribution in [1.29, 1.82) is 0 Å². The van der Waals surface area contributed by atoms with Gasteiger partial charge in [0.1, 0.15) is 0 Å². The number of nitrogens with zero attached hydrogens (tertiary/aromatic N) is 2. The number of hydrogen-bond acceptors (Lipinski definition) is 4. The normalized spacial score (nSPS) is 20.7. The summed E-state index contributed by atoms with van der Waals surface area (Å²) in [4.78, 5) is 6.99. The standard InChI is InChI=1S/C15H25N3O/c1-11-9-17-14(12(2)15(11)16)10-18-7-4-3-5-13(18)6-8-19/h9,13,19H,3-8,10H2,1-2H3,(H2,16,17). The fourth-order valence-corrected chi connectivity index (χ4v) is 2.89. The van der Waals surface area contributed by atoms with Gasteiger partial charge >= 0.3 is 0 Å². The van der Waals surface area contributed by atoms with Crippen LogP contribution in [-0.4, -0.2) is 34.2 Å². The second-order valence-corrected chi connectivity index (χ2v) is 5.56. The molecule has 2 heterocycles. The zero-order valence-corrected chi connectivity index (χ0v) is 12.0. The number of anilines is 1. The Hall–Kier alpha value is -1.13. The van der Waals surface area contributed by atoms with Gasteiger partial charge in [-0.1, -0.05) is 6.42 Å². The molecule has 0 spiro atoms. The van der Waals surface area contributed by atoms with Gasteiger partial charge in [-0.2, -0.15) is 0 Å². The summed E-state index contributed by atoms with van der Waals surface area (Å²) in [5, 5.41) is 9.18. The number of nitrogens with two attached hydrogens (primary N) is 1. The molecule has 2 rings (SSSR count). The predicted molar refractivity (Wildman–Crippen MR) is 77.9 cm³/mol. The van der Waals surface area contributed by atoms with Gasteiger partial charge in [-0.15, -0.1) is 0 Å². The molecule has 4 nitrogen and oxygen atoms in total. The molecular weight excluding hydrogens is 238 g/mol. The molecule has 1 atom stereocenters. The number of likely N-dealkylation sites (tertiary alicyclic amines) is 1. The van der Waals surface area contributed by atoms with Gasteiger partial charge in [-0.05, 0) is 50.8 Å². The van der Waals surface area contributed by atoms with E-state index in [4.69, 9.17) is 5.73 Å². The van der Waals surface area contributed by atoms with E-state index in [0.29, 0.717) is 6.04 Å². The van der Waals surface area contributed by atoms with Crippen LogP contribution in [0.1, 0.15) is 42.5 Å². The maximum atomic E-state index is 9.18. The van der Waals surface area contributed by atoms with Crippen LogP contribution in [0.4, 0.5) is 5.69 Å². The summed E-state index contributed by atoms with van der Waals surface area (Å²) in [5.41, 5.74) is 10.2. The lowest BCUT2D eigenvalue weighted by Crippen LogP contribution is -2.39. The molecule has 1 aliphatic rings. The van der Waals surface area contributed by atoms with Crippen molar-refractivity contribution in [3.05, 3.63) is 23.0 Å². The van der Waals surface area contributed by atoms with Crippen LogP contribution < -0.4 is 5.73 Å². The summed E-state index contributed by atoms with van der Waals surface area (Å²) in [6, 6.07) is 0.488. The highest BCUT2D eigenvalue weighted by Gasteiger charge is 2.23. The van der Waals surface area contributed by atoms with E-state index in [-0.39, 0.29) is 6.61 Å². The third-order valence-electron chi connectivity index (χ3n) is 4.24. The monoisotopic (exact) mass is 263 g/mol. The second kappa shape index (κ2) is 6.35. The first kappa shape index (κ1) is 14.3. The van der Waals surface area contributed by atoms with Crippen molar-refractivity contribution in [3.63, 3.8) is 0 Å². The highest BCUT2D eigenvalue weighted by molar-refractivity contribution is 5.53. The first-order valence-corrected chi connectivity index (χ1v) is 7.19. The fourth-order valence-electron chi connectivity index (χ4n) is 2.89. The minimum atomic E-state index is 0.267. The Labute approximate surface area is 115 Å². The second-order valence-electron chi connectivity index (χ2n) is 5.56. The van der Waals surface area contributed by atoms with Crippen LogP contribution in [0.3, 0.4) is 0 Å². The van der Waals surface area contributed by atoms with Gasteiger partial charge in [0.05, 0.1) is 5.69 Å². The van der Waals surface area contributed by atoms with E-state index in [2.05, 4.69) is 16.8 Å². The van der Waals surface area contributed by atoms with Gasteiger partial charge in [0.15, 0.2) is 0 Å². The van der Waals surface area contributed by atoms with Gasteiger partial charge in [-0.25, -0.2) is 0 Å². The summed E-state index contributed by atoms with van der Waals surface area (Å²) < 4.78 is 0. The summed E-state index contributed by atoms with van der Waals surface area (Å²) in [5.74, 6) is 0. The molecule has 4 heteroatoms. The highest BCUT2D eigenvalue weighted by atomic mass is 16.3. The van der Waals surface area contributed by atoms with E-state index in [1.807, 2.05) is 13.1 Å². The highest BCUT2D eigenvalue weighted by Crippen LogP contribution is 2.24. The largest absolute Gasteiger partial charge is 0.398 e.